The lowest BCUT2D eigenvalue weighted by atomic mass is 9.94. The van der Waals surface area contributed by atoms with E-state index in [1.807, 2.05) is 30.3 Å². The van der Waals surface area contributed by atoms with Crippen molar-refractivity contribution in [2.45, 2.75) is 35.1 Å². The number of β-lactam (4-membered cyclic amide) rings is 1. The third kappa shape index (κ3) is 3.04. The van der Waals surface area contributed by atoms with Crippen molar-refractivity contribution in [2.75, 3.05) is 5.75 Å². The molecule has 24 heavy (non-hydrogen) atoms. The number of aliphatic carboxylic acids is 1. The maximum atomic E-state index is 12.4. The van der Waals surface area contributed by atoms with Crippen LogP contribution in [0, 0.1) is 0 Å². The van der Waals surface area contributed by atoms with E-state index in [1.54, 1.807) is 6.92 Å². The highest BCUT2D eigenvalue weighted by Crippen LogP contribution is 2.45. The van der Waals surface area contributed by atoms with Crippen LogP contribution in [0.4, 0.5) is 0 Å². The number of rotatable bonds is 4. The molecule has 0 radical (unpaired) electrons. The number of carboxylic acids is 1. The minimum atomic E-state index is -1.04. The predicted molar refractivity (Wildman–Crippen MR) is 93.9 cm³/mol. The number of alkyl halides is 1. The standard InChI is InChI=1S/C16H17BrN2O4S/c1-16(17)8-24-14-11(13(21)19(14)12(16)15(22)23)18-10(20)7-9-5-3-2-4-6-9/h2-6,11-12,14H,7-8H2,1H3,(H,18,20)(H,22,23). The van der Waals surface area contributed by atoms with Crippen molar-refractivity contribution in [3.05, 3.63) is 35.9 Å². The van der Waals surface area contributed by atoms with Crippen molar-refractivity contribution >= 4 is 45.5 Å². The molecule has 128 valence electrons. The van der Waals surface area contributed by atoms with Gasteiger partial charge in [0, 0.05) is 5.75 Å². The zero-order valence-electron chi connectivity index (χ0n) is 12.9. The number of amides is 2. The molecule has 0 aromatic heterocycles. The molecule has 0 bridgehead atoms. The highest BCUT2D eigenvalue weighted by atomic mass is 79.9. The molecule has 2 aliphatic rings. The molecule has 2 fully saturated rings. The Hall–Kier alpha value is -1.54. The van der Waals surface area contributed by atoms with Gasteiger partial charge in [-0.05, 0) is 12.5 Å². The number of thioether (sulfide) groups is 1. The fraction of sp³-hybridized carbons (Fsp3) is 0.438. The largest absolute Gasteiger partial charge is 0.480 e. The Morgan fingerprint density at radius 1 is 1.42 bits per heavy atom. The van der Waals surface area contributed by atoms with Crippen LogP contribution in [0.2, 0.25) is 0 Å². The molecular formula is C16H17BrN2O4S. The molecule has 0 spiro atoms. The van der Waals surface area contributed by atoms with Gasteiger partial charge >= 0.3 is 5.97 Å². The summed E-state index contributed by atoms with van der Waals surface area (Å²) < 4.78 is -0.686. The molecular weight excluding hydrogens is 396 g/mol. The highest BCUT2D eigenvalue weighted by molar-refractivity contribution is 9.10. The number of carbonyl (C=O) groups is 3. The summed E-state index contributed by atoms with van der Waals surface area (Å²) in [5, 5.41) is 11.9. The zero-order valence-corrected chi connectivity index (χ0v) is 15.3. The highest BCUT2D eigenvalue weighted by Gasteiger charge is 2.60. The van der Waals surface area contributed by atoms with Crippen LogP contribution in [0.15, 0.2) is 30.3 Å². The molecule has 2 N–H and O–H groups in total. The summed E-state index contributed by atoms with van der Waals surface area (Å²) in [6.45, 7) is 1.77. The van der Waals surface area contributed by atoms with Gasteiger partial charge in [0.2, 0.25) is 11.8 Å². The second kappa shape index (κ2) is 6.40. The van der Waals surface area contributed by atoms with E-state index in [1.165, 1.54) is 16.7 Å². The molecule has 0 saturated carbocycles. The van der Waals surface area contributed by atoms with Crippen LogP contribution in [0.5, 0.6) is 0 Å². The summed E-state index contributed by atoms with van der Waals surface area (Å²) in [6, 6.07) is 7.68. The van der Waals surface area contributed by atoms with Crippen LogP contribution >= 0.6 is 27.7 Å². The lowest BCUT2D eigenvalue weighted by Gasteiger charge is -2.56. The van der Waals surface area contributed by atoms with Crippen LogP contribution in [0.3, 0.4) is 0 Å². The second-order valence-electron chi connectivity index (χ2n) is 6.17. The monoisotopic (exact) mass is 412 g/mol. The predicted octanol–water partition coefficient (Wildman–Crippen LogP) is 1.24. The lowest BCUT2D eigenvalue weighted by Crippen LogP contribution is -2.78. The van der Waals surface area contributed by atoms with Crippen LogP contribution in [-0.2, 0) is 20.8 Å². The Kier molecular flexibility index (Phi) is 4.61. The summed E-state index contributed by atoms with van der Waals surface area (Å²) in [7, 11) is 0. The lowest BCUT2D eigenvalue weighted by molar-refractivity contribution is -0.163. The number of nitrogens with one attached hydrogen (secondary N) is 1. The van der Waals surface area contributed by atoms with E-state index in [4.69, 9.17) is 0 Å². The van der Waals surface area contributed by atoms with E-state index in [2.05, 4.69) is 21.2 Å². The molecule has 3 rings (SSSR count). The van der Waals surface area contributed by atoms with E-state index in [0.717, 1.165) is 5.56 Å². The van der Waals surface area contributed by atoms with Gasteiger partial charge in [-0.15, -0.1) is 11.8 Å². The molecule has 1 aromatic carbocycles. The average Bonchev–Trinajstić information content (AvgIpc) is 2.52. The van der Waals surface area contributed by atoms with Gasteiger partial charge in [0.15, 0.2) is 0 Å². The van der Waals surface area contributed by atoms with E-state index in [-0.39, 0.29) is 23.6 Å². The van der Waals surface area contributed by atoms with Gasteiger partial charge in [0.05, 0.1) is 10.7 Å². The van der Waals surface area contributed by atoms with Crippen molar-refractivity contribution < 1.29 is 19.5 Å². The van der Waals surface area contributed by atoms with Crippen molar-refractivity contribution in [1.82, 2.24) is 10.2 Å². The molecule has 6 nitrogen and oxygen atoms in total. The maximum Gasteiger partial charge on any atom is 0.327 e. The van der Waals surface area contributed by atoms with E-state index in [0.29, 0.717) is 5.75 Å². The molecule has 1 aromatic rings. The first kappa shape index (κ1) is 17.3. The Labute approximate surface area is 152 Å². The Morgan fingerprint density at radius 2 is 2.08 bits per heavy atom. The summed E-state index contributed by atoms with van der Waals surface area (Å²) in [6.07, 6.45) is 0.195. The van der Waals surface area contributed by atoms with E-state index in [9.17, 15) is 19.5 Å². The number of benzene rings is 1. The van der Waals surface area contributed by atoms with Crippen LogP contribution < -0.4 is 5.32 Å². The fourth-order valence-corrected chi connectivity index (χ4v) is 5.30. The van der Waals surface area contributed by atoms with Crippen molar-refractivity contribution in [3.8, 4) is 0 Å². The van der Waals surface area contributed by atoms with Gasteiger partial charge in [-0.2, -0.15) is 0 Å². The number of hydrogen-bond acceptors (Lipinski definition) is 4. The SMILES string of the molecule is CC1(Br)CSC2C(NC(=O)Cc3ccccc3)C(=O)N2C1C(=O)O. The Balaban J connectivity index is 1.67. The number of halogens is 1. The Morgan fingerprint density at radius 3 is 2.71 bits per heavy atom. The van der Waals surface area contributed by atoms with Crippen LogP contribution in [0.1, 0.15) is 12.5 Å². The molecule has 4 atom stereocenters. The van der Waals surface area contributed by atoms with Crippen molar-refractivity contribution in [2.24, 2.45) is 0 Å². The molecule has 2 amide bonds. The third-order valence-corrected chi connectivity index (χ3v) is 6.91. The van der Waals surface area contributed by atoms with Gasteiger partial charge in [-0.3, -0.25) is 9.59 Å². The van der Waals surface area contributed by atoms with Crippen molar-refractivity contribution in [1.29, 1.82) is 0 Å². The summed E-state index contributed by atoms with van der Waals surface area (Å²) in [5.41, 5.74) is 0.867. The molecule has 4 unspecified atom stereocenters. The number of fused-ring (bicyclic) bond motifs is 1. The molecule has 2 aliphatic heterocycles. The van der Waals surface area contributed by atoms with Gasteiger partial charge in [-0.25, -0.2) is 4.79 Å². The minimum absolute atomic E-state index is 0.195. The third-order valence-electron chi connectivity index (χ3n) is 4.22. The summed E-state index contributed by atoms with van der Waals surface area (Å²) in [5.74, 6) is -1.07. The van der Waals surface area contributed by atoms with Gasteiger partial charge < -0.3 is 15.3 Å². The smallest absolute Gasteiger partial charge is 0.327 e. The van der Waals surface area contributed by atoms with Crippen LogP contribution in [0.25, 0.3) is 0 Å². The first-order valence-electron chi connectivity index (χ1n) is 7.50. The minimum Gasteiger partial charge on any atom is -0.480 e. The van der Waals surface area contributed by atoms with E-state index < -0.39 is 22.4 Å². The topological polar surface area (TPSA) is 86.7 Å². The fourth-order valence-electron chi connectivity index (χ4n) is 3.07. The number of nitrogens with zero attached hydrogens (tertiary/aromatic N) is 1. The summed E-state index contributed by atoms with van der Waals surface area (Å²) >= 11 is 4.90. The summed E-state index contributed by atoms with van der Waals surface area (Å²) in [4.78, 5) is 37.5. The van der Waals surface area contributed by atoms with Gasteiger partial charge in [0.1, 0.15) is 17.5 Å². The Bertz CT molecular complexity index is 682. The number of carboxylic acid groups (broad SMARTS) is 1. The quantitative estimate of drug-likeness (QED) is 0.573. The zero-order chi connectivity index (χ0) is 17.5. The van der Waals surface area contributed by atoms with E-state index >= 15 is 0 Å². The first-order chi connectivity index (χ1) is 11.3. The molecule has 2 heterocycles. The second-order valence-corrected chi connectivity index (χ2v) is 9.09. The first-order valence-corrected chi connectivity index (χ1v) is 9.34. The molecule has 0 aliphatic carbocycles. The van der Waals surface area contributed by atoms with Gasteiger partial charge in [0.25, 0.3) is 0 Å². The number of hydrogen-bond donors (Lipinski definition) is 2. The normalized spacial score (nSPS) is 31.8. The maximum absolute atomic E-state index is 12.4. The van der Waals surface area contributed by atoms with Crippen LogP contribution in [-0.4, -0.2) is 55.3 Å². The molecule has 2 saturated heterocycles. The average molecular weight is 413 g/mol. The van der Waals surface area contributed by atoms with Gasteiger partial charge in [-0.1, -0.05) is 46.3 Å². The number of carbonyl (C=O) groups excluding carboxylic acids is 2. The molecule has 8 heteroatoms. The van der Waals surface area contributed by atoms with Crippen molar-refractivity contribution in [3.63, 3.8) is 0 Å².